The molecule has 3 heteroatoms. The zero-order valence-electron chi connectivity index (χ0n) is 13.6. The highest BCUT2D eigenvalue weighted by Crippen LogP contribution is 2.25. The third kappa shape index (κ3) is 4.40. The van der Waals surface area contributed by atoms with Crippen molar-refractivity contribution < 1.29 is 14.3 Å². The van der Waals surface area contributed by atoms with Crippen LogP contribution in [0.5, 0.6) is 0 Å². The van der Waals surface area contributed by atoms with Crippen molar-refractivity contribution in [1.29, 1.82) is 0 Å². The molecule has 0 saturated heterocycles. The second-order valence-electron chi connectivity index (χ2n) is 5.99. The first-order chi connectivity index (χ1) is 11.9. The molecule has 1 aliphatic rings. The fourth-order valence-corrected chi connectivity index (χ4v) is 2.89. The number of hydrogen-bond acceptors (Lipinski definition) is 3. The number of carbonyl (C=O) groups is 1. The Morgan fingerprint density at radius 1 is 0.875 bits per heavy atom. The summed E-state index contributed by atoms with van der Waals surface area (Å²) in [6.07, 6.45) is 5.25. The van der Waals surface area contributed by atoms with Crippen molar-refractivity contribution in [1.82, 2.24) is 0 Å². The maximum absolute atomic E-state index is 11.4. The Hall–Kier alpha value is -2.23. The quantitative estimate of drug-likeness (QED) is 0.572. The molecular weight excluding hydrogens is 300 g/mol. The van der Waals surface area contributed by atoms with Crippen molar-refractivity contribution in [2.75, 3.05) is 0 Å². The van der Waals surface area contributed by atoms with E-state index in [4.69, 9.17) is 9.47 Å². The number of rotatable bonds is 7. The molecule has 0 heterocycles. The highest BCUT2D eigenvalue weighted by atomic mass is 16.5. The molecule has 0 amide bonds. The van der Waals surface area contributed by atoms with Crippen LogP contribution in [0.1, 0.15) is 17.5 Å². The Balaban J connectivity index is 1.64. The van der Waals surface area contributed by atoms with Gasteiger partial charge in [0, 0.05) is 5.92 Å². The van der Waals surface area contributed by atoms with E-state index in [-0.39, 0.29) is 18.1 Å². The van der Waals surface area contributed by atoms with E-state index in [1.807, 2.05) is 72.8 Å². The monoisotopic (exact) mass is 322 g/mol. The van der Waals surface area contributed by atoms with Crippen LogP contribution in [-0.4, -0.2) is 18.5 Å². The minimum Gasteiger partial charge on any atom is -0.370 e. The van der Waals surface area contributed by atoms with Crippen molar-refractivity contribution in [2.24, 2.45) is 5.92 Å². The fourth-order valence-electron chi connectivity index (χ4n) is 2.89. The molecule has 0 spiro atoms. The van der Waals surface area contributed by atoms with Crippen LogP contribution in [0.15, 0.2) is 72.8 Å². The summed E-state index contributed by atoms with van der Waals surface area (Å²) in [5.41, 5.74) is 2.21. The van der Waals surface area contributed by atoms with E-state index in [1.165, 1.54) is 0 Å². The molecule has 0 bridgehead atoms. The molecule has 2 aromatic rings. The summed E-state index contributed by atoms with van der Waals surface area (Å²) in [5.74, 6) is -0.167. The largest absolute Gasteiger partial charge is 0.370 e. The zero-order valence-corrected chi connectivity index (χ0v) is 13.6. The van der Waals surface area contributed by atoms with Gasteiger partial charge in [-0.05, 0) is 17.5 Å². The van der Waals surface area contributed by atoms with E-state index >= 15 is 0 Å². The van der Waals surface area contributed by atoms with Gasteiger partial charge in [-0.15, -0.1) is 0 Å². The topological polar surface area (TPSA) is 35.5 Å². The third-order valence-electron chi connectivity index (χ3n) is 4.23. The zero-order chi connectivity index (χ0) is 16.6. The van der Waals surface area contributed by atoms with Gasteiger partial charge in [0.05, 0.1) is 19.3 Å². The van der Waals surface area contributed by atoms with Gasteiger partial charge in [-0.1, -0.05) is 72.8 Å². The number of aldehydes is 1. The molecule has 3 rings (SSSR count). The standard InChI is InChI=1S/C21H22O3/c22-14-19-12-7-13-20(23-15-17-8-3-1-4-9-17)21(19)24-16-18-10-5-2-6-11-18/h1-11,13-14,19-21H,12,15-16H2/t19-,20-,21-/m1/s1. The van der Waals surface area contributed by atoms with Crippen LogP contribution in [0.3, 0.4) is 0 Å². The van der Waals surface area contributed by atoms with Crippen LogP contribution in [0.25, 0.3) is 0 Å². The Morgan fingerprint density at radius 2 is 1.46 bits per heavy atom. The lowest BCUT2D eigenvalue weighted by molar-refractivity contribution is -0.127. The van der Waals surface area contributed by atoms with Crippen molar-refractivity contribution in [3.63, 3.8) is 0 Å². The predicted octanol–water partition coefficient (Wildman–Crippen LogP) is 3.93. The van der Waals surface area contributed by atoms with Crippen LogP contribution in [0.4, 0.5) is 0 Å². The molecule has 0 saturated carbocycles. The van der Waals surface area contributed by atoms with E-state index in [2.05, 4.69) is 0 Å². The lowest BCUT2D eigenvalue weighted by atomic mass is 9.90. The molecule has 0 unspecified atom stereocenters. The first kappa shape index (κ1) is 16.6. The van der Waals surface area contributed by atoms with Gasteiger partial charge in [-0.25, -0.2) is 0 Å². The predicted molar refractivity (Wildman–Crippen MR) is 93.3 cm³/mol. The minimum absolute atomic E-state index is 0.167. The Bertz CT molecular complexity index is 651. The number of allylic oxidation sites excluding steroid dienone is 1. The van der Waals surface area contributed by atoms with E-state index < -0.39 is 0 Å². The van der Waals surface area contributed by atoms with Gasteiger partial charge in [-0.3, -0.25) is 0 Å². The Labute approximate surface area is 142 Å². The second kappa shape index (κ2) is 8.57. The average Bonchev–Trinajstić information content (AvgIpc) is 2.66. The maximum Gasteiger partial charge on any atom is 0.126 e. The highest BCUT2D eigenvalue weighted by Gasteiger charge is 2.32. The molecule has 0 fully saturated rings. The van der Waals surface area contributed by atoms with Crippen LogP contribution < -0.4 is 0 Å². The Kier molecular flexibility index (Phi) is 5.94. The number of ether oxygens (including phenoxy) is 2. The molecule has 0 aliphatic heterocycles. The molecule has 0 radical (unpaired) electrons. The average molecular weight is 322 g/mol. The molecule has 0 aromatic heterocycles. The van der Waals surface area contributed by atoms with Gasteiger partial charge in [0.15, 0.2) is 0 Å². The molecule has 124 valence electrons. The molecule has 3 atom stereocenters. The van der Waals surface area contributed by atoms with Gasteiger partial charge in [0.1, 0.15) is 12.4 Å². The van der Waals surface area contributed by atoms with Crippen molar-refractivity contribution in [2.45, 2.75) is 31.8 Å². The van der Waals surface area contributed by atoms with Crippen molar-refractivity contribution in [3.05, 3.63) is 83.9 Å². The highest BCUT2D eigenvalue weighted by molar-refractivity contribution is 5.56. The van der Waals surface area contributed by atoms with Crippen LogP contribution in [-0.2, 0) is 27.5 Å². The number of benzene rings is 2. The molecule has 3 nitrogen and oxygen atoms in total. The van der Waals surface area contributed by atoms with E-state index in [1.54, 1.807) is 0 Å². The molecule has 1 aliphatic carbocycles. The molecule has 2 aromatic carbocycles. The van der Waals surface area contributed by atoms with Gasteiger partial charge in [0.2, 0.25) is 0 Å². The van der Waals surface area contributed by atoms with E-state index in [0.29, 0.717) is 19.6 Å². The number of carbonyl (C=O) groups excluding carboxylic acids is 1. The van der Waals surface area contributed by atoms with Gasteiger partial charge in [-0.2, -0.15) is 0 Å². The summed E-state index contributed by atoms with van der Waals surface area (Å²) in [5, 5.41) is 0. The lowest BCUT2D eigenvalue weighted by Gasteiger charge is -2.32. The molecule has 0 N–H and O–H groups in total. The summed E-state index contributed by atoms with van der Waals surface area (Å²) in [6, 6.07) is 20.0. The lowest BCUT2D eigenvalue weighted by Crippen LogP contribution is -2.39. The minimum atomic E-state index is -0.253. The van der Waals surface area contributed by atoms with Crippen molar-refractivity contribution in [3.8, 4) is 0 Å². The third-order valence-corrected chi connectivity index (χ3v) is 4.23. The maximum atomic E-state index is 11.4. The fraction of sp³-hybridized carbons (Fsp3) is 0.286. The molecular formula is C21H22O3. The normalized spacial score (nSPS) is 23.1. The molecule has 24 heavy (non-hydrogen) atoms. The SMILES string of the molecule is O=C[C@H]1CC=C[C@@H](OCc2ccccc2)[C@@H]1OCc1ccccc1. The van der Waals surface area contributed by atoms with Crippen LogP contribution in [0, 0.1) is 5.92 Å². The van der Waals surface area contributed by atoms with E-state index in [9.17, 15) is 4.79 Å². The summed E-state index contributed by atoms with van der Waals surface area (Å²) in [4.78, 5) is 11.4. The first-order valence-corrected chi connectivity index (χ1v) is 8.30. The van der Waals surface area contributed by atoms with Crippen molar-refractivity contribution >= 4 is 6.29 Å². The van der Waals surface area contributed by atoms with Gasteiger partial charge in [0.25, 0.3) is 0 Å². The summed E-state index contributed by atoms with van der Waals surface area (Å²) in [7, 11) is 0. The summed E-state index contributed by atoms with van der Waals surface area (Å²) >= 11 is 0. The van der Waals surface area contributed by atoms with Gasteiger partial charge >= 0.3 is 0 Å². The Morgan fingerprint density at radius 3 is 2.04 bits per heavy atom. The van der Waals surface area contributed by atoms with Crippen LogP contribution >= 0.6 is 0 Å². The van der Waals surface area contributed by atoms with Gasteiger partial charge < -0.3 is 14.3 Å². The second-order valence-corrected chi connectivity index (χ2v) is 5.99. The smallest absolute Gasteiger partial charge is 0.126 e. The van der Waals surface area contributed by atoms with Crippen LogP contribution in [0.2, 0.25) is 0 Å². The summed E-state index contributed by atoms with van der Waals surface area (Å²) < 4.78 is 12.1. The first-order valence-electron chi connectivity index (χ1n) is 8.30. The number of hydrogen-bond donors (Lipinski definition) is 0. The van der Waals surface area contributed by atoms with E-state index in [0.717, 1.165) is 17.4 Å². The summed E-state index contributed by atoms with van der Waals surface area (Å²) in [6.45, 7) is 0.988.